The molecule has 0 aliphatic carbocycles. The average Bonchev–Trinajstić information content (AvgIpc) is 3.04. The van der Waals surface area contributed by atoms with Crippen LogP contribution in [0.25, 0.3) is 0 Å². The third-order valence-corrected chi connectivity index (χ3v) is 8.21. The minimum atomic E-state index is -1.01. The molecule has 3 N–H and O–H groups in total. The van der Waals surface area contributed by atoms with Gasteiger partial charge in [0.15, 0.2) is 6.29 Å². The smallest absolute Gasteiger partial charge is 0.219 e. The van der Waals surface area contributed by atoms with Crippen molar-refractivity contribution >= 4 is 11.8 Å². The van der Waals surface area contributed by atoms with E-state index in [4.69, 9.17) is 37.9 Å². The lowest BCUT2D eigenvalue weighted by molar-refractivity contribution is -0.335. The van der Waals surface area contributed by atoms with Crippen LogP contribution in [-0.4, -0.2) is 144 Å². The number of aliphatic hydroxyl groups is 2. The topological polar surface area (TPSA) is 164 Å². The standard InChI is InChI=1S/C32H54N2O12/c1-20(37)33-17-22-10-9-11-23(16-22)18-34(21(2)38)19-26(40-4)28(42-6)29(24(39-3)12-14-35)46-32-31(44-8)30(43-7)27(41-5)25(45-32)13-15-36/h9-11,16,24-32,35-36H,12-15,17-19H2,1-8H3,(H,33,37)/t24?,25?,26-,27-,28+,29-,30-,31?,32-/m1/s1. The van der Waals surface area contributed by atoms with Crippen molar-refractivity contribution in [2.24, 2.45) is 0 Å². The Morgan fingerprint density at radius 1 is 0.870 bits per heavy atom. The lowest BCUT2D eigenvalue weighted by Crippen LogP contribution is -2.62. The molecule has 1 heterocycles. The van der Waals surface area contributed by atoms with Crippen molar-refractivity contribution in [3.8, 4) is 0 Å². The van der Waals surface area contributed by atoms with Crippen LogP contribution in [0.1, 0.15) is 37.8 Å². The Bertz CT molecular complexity index is 1030. The Kier molecular flexibility index (Phi) is 18.1. The van der Waals surface area contributed by atoms with E-state index in [1.165, 1.54) is 56.5 Å². The maximum absolute atomic E-state index is 12.9. The van der Waals surface area contributed by atoms with Gasteiger partial charge in [0.2, 0.25) is 11.8 Å². The molecule has 0 spiro atoms. The zero-order valence-electron chi connectivity index (χ0n) is 28.4. The number of methoxy groups -OCH3 is 6. The quantitative estimate of drug-likeness (QED) is 0.169. The van der Waals surface area contributed by atoms with Crippen LogP contribution in [0.2, 0.25) is 0 Å². The first-order valence-electron chi connectivity index (χ1n) is 15.4. The van der Waals surface area contributed by atoms with Gasteiger partial charge in [-0.2, -0.15) is 0 Å². The van der Waals surface area contributed by atoms with Gasteiger partial charge in [-0.05, 0) is 24.0 Å². The van der Waals surface area contributed by atoms with Gasteiger partial charge >= 0.3 is 0 Å². The zero-order chi connectivity index (χ0) is 34.2. The summed E-state index contributed by atoms with van der Waals surface area (Å²) in [6.45, 7) is 3.38. The molecule has 14 heteroatoms. The second-order valence-corrected chi connectivity index (χ2v) is 11.1. The molecule has 1 aromatic carbocycles. The summed E-state index contributed by atoms with van der Waals surface area (Å²) in [4.78, 5) is 25.9. The van der Waals surface area contributed by atoms with Crippen molar-refractivity contribution in [1.29, 1.82) is 0 Å². The minimum Gasteiger partial charge on any atom is -0.396 e. The fourth-order valence-electron chi connectivity index (χ4n) is 5.84. The fraction of sp³-hybridized carbons (Fsp3) is 0.750. The summed E-state index contributed by atoms with van der Waals surface area (Å²) < 4.78 is 47.9. The second-order valence-electron chi connectivity index (χ2n) is 11.1. The van der Waals surface area contributed by atoms with Crippen LogP contribution in [0.3, 0.4) is 0 Å². The third kappa shape index (κ3) is 11.2. The molecule has 1 saturated heterocycles. The Hall–Kier alpha value is -2.24. The van der Waals surface area contributed by atoms with Gasteiger partial charge in [-0.15, -0.1) is 0 Å². The normalized spacial score (nSPS) is 24.2. The number of nitrogens with zero attached hydrogens (tertiary/aromatic N) is 1. The van der Waals surface area contributed by atoms with Gasteiger partial charge in [0.1, 0.15) is 36.6 Å². The van der Waals surface area contributed by atoms with Crippen molar-refractivity contribution in [2.45, 2.75) is 94.9 Å². The Balaban J connectivity index is 2.41. The summed E-state index contributed by atoms with van der Waals surface area (Å²) in [5, 5.41) is 22.4. The van der Waals surface area contributed by atoms with E-state index < -0.39 is 55.1 Å². The number of nitrogens with one attached hydrogen (secondary N) is 1. The molecular formula is C32H54N2O12. The van der Waals surface area contributed by atoms with Gasteiger partial charge in [0.25, 0.3) is 0 Å². The Labute approximate surface area is 272 Å². The van der Waals surface area contributed by atoms with Crippen LogP contribution < -0.4 is 5.32 Å². The summed E-state index contributed by atoms with van der Waals surface area (Å²) in [5.41, 5.74) is 1.77. The molecular weight excluding hydrogens is 604 g/mol. The van der Waals surface area contributed by atoms with Crippen LogP contribution >= 0.6 is 0 Å². The lowest BCUT2D eigenvalue weighted by Gasteiger charge is -2.47. The minimum absolute atomic E-state index is 0.132. The molecule has 1 aliphatic rings. The first kappa shape index (κ1) is 39.9. The highest BCUT2D eigenvalue weighted by Crippen LogP contribution is 2.32. The van der Waals surface area contributed by atoms with E-state index in [2.05, 4.69) is 5.32 Å². The zero-order valence-corrected chi connectivity index (χ0v) is 28.4. The molecule has 1 fully saturated rings. The van der Waals surface area contributed by atoms with Crippen LogP contribution in [-0.2, 0) is 60.6 Å². The Morgan fingerprint density at radius 3 is 2.04 bits per heavy atom. The number of hydrogen-bond donors (Lipinski definition) is 3. The van der Waals surface area contributed by atoms with Crippen molar-refractivity contribution in [3.05, 3.63) is 35.4 Å². The van der Waals surface area contributed by atoms with Crippen LogP contribution in [0, 0.1) is 0 Å². The van der Waals surface area contributed by atoms with Crippen LogP contribution in [0.4, 0.5) is 0 Å². The van der Waals surface area contributed by atoms with Crippen molar-refractivity contribution in [3.63, 3.8) is 0 Å². The predicted molar refractivity (Wildman–Crippen MR) is 167 cm³/mol. The summed E-state index contributed by atoms with van der Waals surface area (Å²) in [5.74, 6) is -0.317. The molecule has 2 rings (SSSR count). The van der Waals surface area contributed by atoms with Gasteiger partial charge in [0.05, 0.1) is 12.2 Å². The molecule has 0 aromatic heterocycles. The number of benzene rings is 1. The summed E-state index contributed by atoms with van der Waals surface area (Å²) in [6.07, 6.45) is -6.08. The molecule has 3 unspecified atom stereocenters. The molecule has 46 heavy (non-hydrogen) atoms. The highest BCUT2D eigenvalue weighted by atomic mass is 16.7. The lowest BCUT2D eigenvalue weighted by atomic mass is 9.95. The van der Waals surface area contributed by atoms with Gasteiger partial charge in [-0.25, -0.2) is 0 Å². The van der Waals surface area contributed by atoms with Gasteiger partial charge in [0, 0.05) is 89.4 Å². The highest BCUT2D eigenvalue weighted by molar-refractivity contribution is 5.73. The molecule has 9 atom stereocenters. The van der Waals surface area contributed by atoms with Crippen molar-refractivity contribution in [1.82, 2.24) is 10.2 Å². The van der Waals surface area contributed by atoms with Gasteiger partial charge in [-0.1, -0.05) is 24.3 Å². The molecule has 14 nitrogen and oxygen atoms in total. The number of ether oxygens (including phenoxy) is 8. The van der Waals surface area contributed by atoms with E-state index in [-0.39, 0.29) is 51.0 Å². The molecule has 2 amide bonds. The monoisotopic (exact) mass is 658 g/mol. The number of carbonyl (C=O) groups is 2. The molecule has 0 saturated carbocycles. The molecule has 1 aromatic rings. The maximum Gasteiger partial charge on any atom is 0.219 e. The van der Waals surface area contributed by atoms with Gasteiger partial charge in [-0.3, -0.25) is 9.59 Å². The van der Waals surface area contributed by atoms with E-state index in [9.17, 15) is 19.8 Å². The van der Waals surface area contributed by atoms with Crippen LogP contribution in [0.15, 0.2) is 24.3 Å². The summed E-state index contributed by atoms with van der Waals surface area (Å²) in [6, 6.07) is 7.62. The first-order valence-corrected chi connectivity index (χ1v) is 15.4. The highest BCUT2D eigenvalue weighted by Gasteiger charge is 2.50. The number of hydrogen-bond acceptors (Lipinski definition) is 12. The Morgan fingerprint density at radius 2 is 1.52 bits per heavy atom. The predicted octanol–water partition coefficient (Wildman–Crippen LogP) is 0.636. The number of aliphatic hydroxyl groups excluding tert-OH is 2. The molecule has 1 aliphatic heterocycles. The van der Waals surface area contributed by atoms with E-state index >= 15 is 0 Å². The molecule has 0 radical (unpaired) electrons. The maximum atomic E-state index is 12.9. The average molecular weight is 659 g/mol. The van der Waals surface area contributed by atoms with Crippen molar-refractivity contribution < 1.29 is 57.7 Å². The van der Waals surface area contributed by atoms with E-state index in [1.807, 2.05) is 24.3 Å². The van der Waals surface area contributed by atoms with E-state index in [1.54, 1.807) is 4.90 Å². The number of amides is 2. The first-order chi connectivity index (χ1) is 22.1. The summed E-state index contributed by atoms with van der Waals surface area (Å²) in [7, 11) is 9.11. The fourth-order valence-corrected chi connectivity index (χ4v) is 5.84. The number of rotatable bonds is 21. The SMILES string of the molecule is COC(CCO)[C@@H](O[C@H]1OC(CCO)[C@@H](OC)[C@@H](OC)C1OC)[C@@H](OC)[C@@H](CN(Cc1cccc(CNC(C)=O)c1)C(C)=O)OC. The summed E-state index contributed by atoms with van der Waals surface area (Å²) >= 11 is 0. The van der Waals surface area contributed by atoms with Crippen molar-refractivity contribution in [2.75, 3.05) is 62.4 Å². The largest absolute Gasteiger partial charge is 0.396 e. The second kappa shape index (κ2) is 20.9. The van der Waals surface area contributed by atoms with Crippen LogP contribution in [0.5, 0.6) is 0 Å². The molecule has 264 valence electrons. The van der Waals surface area contributed by atoms with Gasteiger partial charge < -0.3 is 58.3 Å². The molecule has 0 bridgehead atoms. The third-order valence-electron chi connectivity index (χ3n) is 8.21. The van der Waals surface area contributed by atoms with E-state index in [0.29, 0.717) is 6.54 Å². The number of carbonyl (C=O) groups excluding carboxylic acids is 2. The van der Waals surface area contributed by atoms with E-state index in [0.717, 1.165) is 11.1 Å².